The minimum Gasteiger partial charge on any atom is -0.478 e. The highest BCUT2D eigenvalue weighted by molar-refractivity contribution is 5.93. The molecule has 3 aliphatic heterocycles. The number of carbonyl (C=O) groups excluding carboxylic acids is 1. The predicted molar refractivity (Wildman–Crippen MR) is 86.2 cm³/mol. The number of fused-ring (bicyclic) bond motifs is 1. The molecule has 0 radical (unpaired) electrons. The Morgan fingerprint density at radius 3 is 2.67 bits per heavy atom. The highest BCUT2D eigenvalue weighted by Crippen LogP contribution is 2.62. The van der Waals surface area contributed by atoms with Crippen molar-refractivity contribution in [1.29, 1.82) is 0 Å². The summed E-state index contributed by atoms with van der Waals surface area (Å²) in [5, 5.41) is 9.98. The zero-order valence-electron chi connectivity index (χ0n) is 14.4. The van der Waals surface area contributed by atoms with Crippen LogP contribution in [0.3, 0.4) is 0 Å². The van der Waals surface area contributed by atoms with Crippen molar-refractivity contribution in [2.24, 2.45) is 16.7 Å². The minimum absolute atomic E-state index is 0.0434. The SMILES string of the molecule is CC1=CC2(C=C(C(=O)O)C34CCCC(C)(C)C3CC2OC4)OC1=O. The van der Waals surface area contributed by atoms with Crippen LogP contribution < -0.4 is 0 Å². The Bertz CT molecular complexity index is 688. The van der Waals surface area contributed by atoms with E-state index in [-0.39, 0.29) is 23.4 Å². The molecule has 2 spiro atoms. The maximum absolute atomic E-state index is 12.2. The summed E-state index contributed by atoms with van der Waals surface area (Å²) in [4.78, 5) is 24.2. The molecule has 24 heavy (non-hydrogen) atoms. The van der Waals surface area contributed by atoms with Gasteiger partial charge in [0.25, 0.3) is 0 Å². The van der Waals surface area contributed by atoms with Crippen molar-refractivity contribution in [2.75, 3.05) is 6.61 Å². The summed E-state index contributed by atoms with van der Waals surface area (Å²) in [6.45, 7) is 6.56. The maximum atomic E-state index is 12.2. The average Bonchev–Trinajstić information content (AvgIpc) is 2.65. The van der Waals surface area contributed by atoms with Crippen molar-refractivity contribution in [3.63, 3.8) is 0 Å². The van der Waals surface area contributed by atoms with Gasteiger partial charge < -0.3 is 14.6 Å². The highest BCUT2D eigenvalue weighted by Gasteiger charge is 2.63. The van der Waals surface area contributed by atoms with E-state index in [2.05, 4.69) is 13.8 Å². The lowest BCUT2D eigenvalue weighted by Crippen LogP contribution is -2.55. The van der Waals surface area contributed by atoms with E-state index in [1.165, 1.54) is 0 Å². The van der Waals surface area contributed by atoms with Crippen LogP contribution in [0.5, 0.6) is 0 Å². The normalized spacial score (nSPS) is 42.9. The predicted octanol–water partition coefficient (Wildman–Crippen LogP) is 2.85. The summed E-state index contributed by atoms with van der Waals surface area (Å²) in [7, 11) is 0. The van der Waals surface area contributed by atoms with Gasteiger partial charge in [-0.2, -0.15) is 0 Å². The van der Waals surface area contributed by atoms with Crippen molar-refractivity contribution in [2.45, 2.75) is 58.2 Å². The third kappa shape index (κ3) is 1.91. The molecular formula is C19H24O5. The van der Waals surface area contributed by atoms with Gasteiger partial charge in [0, 0.05) is 16.6 Å². The molecular weight excluding hydrogens is 308 g/mol. The molecule has 5 nitrogen and oxygen atoms in total. The van der Waals surface area contributed by atoms with Gasteiger partial charge in [0.05, 0.1) is 6.61 Å². The molecule has 0 aromatic rings. The summed E-state index contributed by atoms with van der Waals surface area (Å²) < 4.78 is 11.8. The molecule has 5 rings (SSSR count). The second kappa shape index (κ2) is 4.72. The third-order valence-electron chi connectivity index (χ3n) is 6.72. The van der Waals surface area contributed by atoms with Gasteiger partial charge in [-0.3, -0.25) is 0 Å². The van der Waals surface area contributed by atoms with Crippen LogP contribution in [-0.4, -0.2) is 35.4 Å². The number of carboxylic acid groups (broad SMARTS) is 1. The Hall–Kier alpha value is -1.62. The molecule has 4 atom stereocenters. The first-order chi connectivity index (χ1) is 11.2. The minimum atomic E-state index is -1.06. The molecule has 1 N–H and O–H groups in total. The monoisotopic (exact) mass is 332 g/mol. The summed E-state index contributed by atoms with van der Waals surface area (Å²) >= 11 is 0. The maximum Gasteiger partial charge on any atom is 0.334 e. The zero-order valence-corrected chi connectivity index (χ0v) is 14.4. The van der Waals surface area contributed by atoms with E-state index in [0.29, 0.717) is 17.8 Å². The molecule has 0 aromatic heterocycles. The zero-order chi connectivity index (χ0) is 17.3. The summed E-state index contributed by atoms with van der Waals surface area (Å²) in [5.41, 5.74) is -0.610. The number of aliphatic carboxylic acids is 1. The highest BCUT2D eigenvalue weighted by atomic mass is 16.6. The number of esters is 1. The summed E-state index contributed by atoms with van der Waals surface area (Å²) in [6.07, 6.45) is 6.74. The van der Waals surface area contributed by atoms with E-state index in [9.17, 15) is 14.7 Å². The van der Waals surface area contributed by atoms with Crippen molar-refractivity contribution in [1.82, 2.24) is 0 Å². The van der Waals surface area contributed by atoms with E-state index in [4.69, 9.17) is 9.47 Å². The molecule has 5 heteroatoms. The van der Waals surface area contributed by atoms with Crippen LogP contribution in [0.25, 0.3) is 0 Å². The van der Waals surface area contributed by atoms with Gasteiger partial charge in [-0.25, -0.2) is 9.59 Å². The molecule has 1 saturated carbocycles. The average molecular weight is 332 g/mol. The number of carbonyl (C=O) groups is 2. The molecule has 0 aromatic carbocycles. The molecule has 0 amide bonds. The Morgan fingerprint density at radius 1 is 1.29 bits per heavy atom. The third-order valence-corrected chi connectivity index (χ3v) is 6.72. The van der Waals surface area contributed by atoms with E-state index in [0.717, 1.165) is 25.7 Å². The fraction of sp³-hybridized carbons (Fsp3) is 0.684. The molecule has 2 aliphatic carbocycles. The first-order valence-electron chi connectivity index (χ1n) is 8.71. The smallest absolute Gasteiger partial charge is 0.334 e. The first kappa shape index (κ1) is 15.9. The van der Waals surface area contributed by atoms with E-state index in [1.54, 1.807) is 19.1 Å². The fourth-order valence-electron chi connectivity index (χ4n) is 5.55. The topological polar surface area (TPSA) is 72.8 Å². The van der Waals surface area contributed by atoms with Gasteiger partial charge in [0.15, 0.2) is 5.60 Å². The van der Waals surface area contributed by atoms with E-state index in [1.807, 2.05) is 0 Å². The van der Waals surface area contributed by atoms with Crippen LogP contribution >= 0.6 is 0 Å². The largest absolute Gasteiger partial charge is 0.478 e. The number of ether oxygens (including phenoxy) is 2. The Balaban J connectivity index is 1.92. The van der Waals surface area contributed by atoms with Crippen molar-refractivity contribution in [3.05, 3.63) is 23.3 Å². The van der Waals surface area contributed by atoms with Crippen LogP contribution in [0.15, 0.2) is 23.3 Å². The van der Waals surface area contributed by atoms with Gasteiger partial charge in [-0.1, -0.05) is 20.3 Å². The second-order valence-corrected chi connectivity index (χ2v) is 8.52. The molecule has 2 fully saturated rings. The molecule has 2 bridgehead atoms. The molecule has 4 unspecified atom stereocenters. The van der Waals surface area contributed by atoms with Crippen LogP contribution in [0.2, 0.25) is 0 Å². The first-order valence-corrected chi connectivity index (χ1v) is 8.71. The Kier molecular flexibility index (Phi) is 3.12. The number of hydrogen-bond donors (Lipinski definition) is 1. The molecule has 3 heterocycles. The fourth-order valence-corrected chi connectivity index (χ4v) is 5.55. The van der Waals surface area contributed by atoms with Crippen LogP contribution in [-0.2, 0) is 19.1 Å². The quantitative estimate of drug-likeness (QED) is 0.748. The van der Waals surface area contributed by atoms with Crippen molar-refractivity contribution < 1.29 is 24.2 Å². The lowest BCUT2D eigenvalue weighted by atomic mass is 9.52. The van der Waals surface area contributed by atoms with E-state index < -0.39 is 17.0 Å². The van der Waals surface area contributed by atoms with Gasteiger partial charge in [0.1, 0.15) is 6.10 Å². The van der Waals surface area contributed by atoms with E-state index >= 15 is 0 Å². The molecule has 5 aliphatic rings. The second-order valence-electron chi connectivity index (χ2n) is 8.52. The Morgan fingerprint density at radius 2 is 2.04 bits per heavy atom. The van der Waals surface area contributed by atoms with Crippen LogP contribution in [0.4, 0.5) is 0 Å². The number of rotatable bonds is 1. The van der Waals surface area contributed by atoms with Gasteiger partial charge in [-0.15, -0.1) is 0 Å². The summed E-state index contributed by atoms with van der Waals surface area (Å²) in [6, 6.07) is 0. The molecule has 1 saturated heterocycles. The lowest BCUT2D eigenvalue weighted by molar-refractivity contribution is -0.180. The van der Waals surface area contributed by atoms with Gasteiger partial charge in [0.2, 0.25) is 0 Å². The number of carboxylic acids is 1. The van der Waals surface area contributed by atoms with Crippen LogP contribution in [0.1, 0.15) is 46.5 Å². The Labute approximate surface area is 141 Å². The standard InChI is InChI=1S/C19H24O5/c1-11-8-19(24-16(11)22)9-12(15(20)21)18-6-4-5-17(2,3)13(18)7-14(19)23-10-18/h8-9,13-14H,4-7,10H2,1-3H3,(H,20,21). The summed E-state index contributed by atoms with van der Waals surface area (Å²) in [5.74, 6) is -1.09. The van der Waals surface area contributed by atoms with Crippen LogP contribution in [0, 0.1) is 16.7 Å². The van der Waals surface area contributed by atoms with Crippen molar-refractivity contribution in [3.8, 4) is 0 Å². The molecule has 130 valence electrons. The lowest BCUT2D eigenvalue weighted by Gasteiger charge is -2.55. The number of hydrogen-bond acceptors (Lipinski definition) is 4. The van der Waals surface area contributed by atoms with Gasteiger partial charge >= 0.3 is 11.9 Å². The van der Waals surface area contributed by atoms with Gasteiger partial charge in [-0.05, 0) is 49.7 Å². The van der Waals surface area contributed by atoms with Crippen molar-refractivity contribution >= 4 is 11.9 Å².